The second-order valence-corrected chi connectivity index (χ2v) is 9.40. The number of hydrogen-bond acceptors (Lipinski definition) is 12. The molecule has 1 aliphatic rings. The number of aromatic nitrogens is 1. The lowest BCUT2D eigenvalue weighted by Gasteiger charge is -2.29. The molecule has 41 heavy (non-hydrogen) atoms. The van der Waals surface area contributed by atoms with E-state index >= 15 is 0 Å². The van der Waals surface area contributed by atoms with Gasteiger partial charge in [0.25, 0.3) is 5.91 Å². The van der Waals surface area contributed by atoms with Crippen molar-refractivity contribution in [2.75, 3.05) is 20.8 Å². The highest BCUT2D eigenvalue weighted by atomic mass is 16.7. The van der Waals surface area contributed by atoms with E-state index in [0.29, 0.717) is 0 Å². The number of methoxy groups -OCH3 is 2. The van der Waals surface area contributed by atoms with Gasteiger partial charge in [0, 0.05) is 12.3 Å². The number of ether oxygens (including phenoxy) is 6. The number of carbonyl (C=O) groups excluding carboxylic acids is 5. The Bertz CT molecular complexity index is 1260. The van der Waals surface area contributed by atoms with Crippen LogP contribution in [0.3, 0.4) is 0 Å². The topological polar surface area (TPSA) is 166 Å². The van der Waals surface area contributed by atoms with Crippen LogP contribution in [0.2, 0.25) is 0 Å². The summed E-state index contributed by atoms with van der Waals surface area (Å²) in [6, 6.07) is 8.88. The average molecular weight is 573 g/mol. The number of cyclic esters (lactones) is 2. The molecule has 13 heteroatoms. The number of nitrogens with one attached hydrogen (secondary N) is 1. The van der Waals surface area contributed by atoms with Gasteiger partial charge in [-0.2, -0.15) is 0 Å². The molecule has 1 aliphatic heterocycles. The Morgan fingerprint density at radius 2 is 1.78 bits per heavy atom. The van der Waals surface area contributed by atoms with Crippen LogP contribution in [0.5, 0.6) is 11.5 Å². The zero-order valence-electron chi connectivity index (χ0n) is 23.3. The molecule has 1 aromatic heterocycles. The number of amides is 1. The van der Waals surface area contributed by atoms with E-state index in [-0.39, 0.29) is 17.9 Å². The van der Waals surface area contributed by atoms with Crippen LogP contribution in [0.4, 0.5) is 4.79 Å². The lowest BCUT2D eigenvalue weighted by Crippen LogP contribution is -2.47. The van der Waals surface area contributed by atoms with E-state index in [1.807, 2.05) is 6.07 Å². The third kappa shape index (κ3) is 7.93. The van der Waals surface area contributed by atoms with Crippen LogP contribution in [0, 0.1) is 11.8 Å². The molecule has 4 atom stereocenters. The van der Waals surface area contributed by atoms with Crippen LogP contribution in [0.25, 0.3) is 0 Å². The maximum Gasteiger partial charge on any atom is 0.513 e. The minimum atomic E-state index is -1.48. The first kappa shape index (κ1) is 30.9. The maximum absolute atomic E-state index is 13.3. The monoisotopic (exact) mass is 572 g/mol. The lowest BCUT2D eigenvalue weighted by molar-refractivity contribution is -0.176. The molecule has 13 nitrogen and oxygen atoms in total. The van der Waals surface area contributed by atoms with E-state index in [1.165, 1.54) is 26.3 Å². The molecule has 1 N–H and O–H groups in total. The van der Waals surface area contributed by atoms with Crippen LogP contribution in [0.1, 0.15) is 36.8 Å². The highest BCUT2D eigenvalue weighted by molar-refractivity contribution is 5.98. The van der Waals surface area contributed by atoms with E-state index in [2.05, 4.69) is 15.0 Å². The van der Waals surface area contributed by atoms with Crippen LogP contribution >= 0.6 is 0 Å². The van der Waals surface area contributed by atoms with Crippen LogP contribution in [-0.4, -0.2) is 74.0 Å². The molecule has 2 unspecified atom stereocenters. The quantitative estimate of drug-likeness (QED) is 0.363. The molecule has 1 aromatic carbocycles. The third-order valence-corrected chi connectivity index (χ3v) is 6.12. The average Bonchev–Trinajstić information content (AvgIpc) is 2.99. The molecule has 2 heterocycles. The van der Waals surface area contributed by atoms with E-state index in [1.54, 1.807) is 38.1 Å². The Labute approximate surface area is 236 Å². The number of nitrogens with zero attached hydrogens (tertiary/aromatic N) is 1. The first-order valence-electron chi connectivity index (χ1n) is 12.8. The molecule has 3 rings (SSSR count). The smallest absolute Gasteiger partial charge is 0.493 e. The molecule has 220 valence electrons. The van der Waals surface area contributed by atoms with Crippen molar-refractivity contribution in [3.05, 3.63) is 53.9 Å². The normalized spacial score (nSPS) is 20.8. The lowest BCUT2D eigenvalue weighted by atomic mass is 9.91. The molecule has 0 radical (unpaired) electrons. The Morgan fingerprint density at radius 1 is 1.07 bits per heavy atom. The summed E-state index contributed by atoms with van der Waals surface area (Å²) in [4.78, 5) is 67.9. The summed E-state index contributed by atoms with van der Waals surface area (Å²) in [5, 5.41) is 2.39. The van der Waals surface area contributed by atoms with Crippen LogP contribution in [0.15, 0.2) is 42.6 Å². The Balaban J connectivity index is 1.90. The van der Waals surface area contributed by atoms with Gasteiger partial charge in [0.1, 0.15) is 18.6 Å². The van der Waals surface area contributed by atoms with Gasteiger partial charge in [0.05, 0.1) is 20.1 Å². The molecule has 0 aliphatic carbocycles. The van der Waals surface area contributed by atoms with Crippen molar-refractivity contribution >= 4 is 30.0 Å². The van der Waals surface area contributed by atoms with E-state index in [4.69, 9.17) is 23.7 Å². The summed E-state index contributed by atoms with van der Waals surface area (Å²) < 4.78 is 31.3. The summed E-state index contributed by atoms with van der Waals surface area (Å²) in [6.45, 7) is 4.16. The molecule has 0 saturated carbocycles. The molecule has 2 aromatic rings. The number of hydrogen-bond donors (Lipinski definition) is 1. The van der Waals surface area contributed by atoms with Crippen molar-refractivity contribution in [3.8, 4) is 11.5 Å². The van der Waals surface area contributed by atoms with E-state index < -0.39 is 72.4 Å². The summed E-state index contributed by atoms with van der Waals surface area (Å²) >= 11 is 0. The predicted octanol–water partition coefficient (Wildman–Crippen LogP) is 2.25. The zero-order chi connectivity index (χ0) is 30.1. The van der Waals surface area contributed by atoms with Crippen molar-refractivity contribution in [2.24, 2.45) is 11.8 Å². The molecular weight excluding hydrogens is 540 g/mol. The number of carbonyl (C=O) groups is 5. The van der Waals surface area contributed by atoms with Gasteiger partial charge in [-0.25, -0.2) is 14.6 Å². The van der Waals surface area contributed by atoms with E-state index in [9.17, 15) is 24.0 Å². The van der Waals surface area contributed by atoms with Crippen LogP contribution < -0.4 is 14.8 Å². The van der Waals surface area contributed by atoms with Gasteiger partial charge in [-0.3, -0.25) is 14.4 Å². The molecule has 1 saturated heterocycles. The fourth-order valence-corrected chi connectivity index (χ4v) is 3.95. The minimum Gasteiger partial charge on any atom is -0.493 e. The maximum atomic E-state index is 13.3. The summed E-state index contributed by atoms with van der Waals surface area (Å²) in [5.41, 5.74) is 0.359. The Hall–Kier alpha value is -4.68. The highest BCUT2D eigenvalue weighted by Gasteiger charge is 2.42. The van der Waals surface area contributed by atoms with Gasteiger partial charge in [-0.15, -0.1) is 0 Å². The molecule has 1 fully saturated rings. The first-order chi connectivity index (χ1) is 19.5. The van der Waals surface area contributed by atoms with Gasteiger partial charge in [0.2, 0.25) is 5.75 Å². The third-order valence-electron chi connectivity index (χ3n) is 6.12. The predicted molar refractivity (Wildman–Crippen MR) is 140 cm³/mol. The van der Waals surface area contributed by atoms with Crippen LogP contribution in [-0.2, 0) is 39.8 Å². The largest absolute Gasteiger partial charge is 0.513 e. The highest BCUT2D eigenvalue weighted by Crippen LogP contribution is 2.30. The van der Waals surface area contributed by atoms with E-state index in [0.717, 1.165) is 12.7 Å². The molecular formula is C28H32N2O11. The molecule has 0 spiro atoms. The van der Waals surface area contributed by atoms with Crippen molar-refractivity contribution in [2.45, 2.75) is 45.4 Å². The number of rotatable bonds is 8. The number of pyridine rings is 1. The zero-order valence-corrected chi connectivity index (χ0v) is 23.3. The number of benzene rings is 1. The van der Waals surface area contributed by atoms with Crippen molar-refractivity contribution < 1.29 is 52.4 Å². The van der Waals surface area contributed by atoms with Gasteiger partial charge in [0.15, 0.2) is 23.6 Å². The summed E-state index contributed by atoms with van der Waals surface area (Å²) in [6.07, 6.45) is -2.03. The fourth-order valence-electron chi connectivity index (χ4n) is 3.95. The Morgan fingerprint density at radius 3 is 2.41 bits per heavy atom. The van der Waals surface area contributed by atoms with Gasteiger partial charge in [-0.05, 0) is 18.9 Å². The van der Waals surface area contributed by atoms with Gasteiger partial charge >= 0.3 is 24.1 Å². The SMILES string of the molecule is COC(=O)Oc1c(OC)ccnc1C(=O)NC1COC(=O)[C@H](Cc2ccccc2)C(OC(=O)C(C)C)[C@H](C)OC1=O. The van der Waals surface area contributed by atoms with Crippen molar-refractivity contribution in [1.29, 1.82) is 0 Å². The minimum absolute atomic E-state index is 0.00814. The molecule has 1 amide bonds. The summed E-state index contributed by atoms with van der Waals surface area (Å²) in [5.74, 6) is -5.15. The Kier molecular flexibility index (Phi) is 10.6. The fraction of sp³-hybridized carbons (Fsp3) is 0.429. The molecule has 0 bridgehead atoms. The number of esters is 3. The van der Waals surface area contributed by atoms with Gasteiger partial charge < -0.3 is 33.7 Å². The van der Waals surface area contributed by atoms with Crippen molar-refractivity contribution in [3.63, 3.8) is 0 Å². The van der Waals surface area contributed by atoms with Gasteiger partial charge in [-0.1, -0.05) is 44.2 Å². The summed E-state index contributed by atoms with van der Waals surface area (Å²) in [7, 11) is 2.36. The standard InChI is InChI=1S/C28H32N2O11/c1-15(2)25(32)40-22-16(3)39-27(34)19(14-38-26(33)18(22)13-17-9-7-6-8-10-17)30-24(31)21-23(41-28(35)37-5)20(36-4)11-12-29-21/h6-12,15-16,18-19,22H,13-14H2,1-5H3,(H,30,31)/t16-,18+,19?,22?/m0/s1. The first-order valence-corrected chi connectivity index (χ1v) is 12.8. The second kappa shape index (κ2) is 14.1. The van der Waals surface area contributed by atoms with Crippen molar-refractivity contribution in [1.82, 2.24) is 10.3 Å². The second-order valence-electron chi connectivity index (χ2n) is 9.40.